The number of nitrogens with zero attached hydrogens (tertiary/aromatic N) is 3. The van der Waals surface area contributed by atoms with Gasteiger partial charge in [-0.25, -0.2) is 9.98 Å². The van der Waals surface area contributed by atoms with Crippen LogP contribution in [0.3, 0.4) is 0 Å². The third-order valence-electron chi connectivity index (χ3n) is 13.4. The van der Waals surface area contributed by atoms with Gasteiger partial charge in [-0.2, -0.15) is 0 Å². The summed E-state index contributed by atoms with van der Waals surface area (Å²) in [7, 11) is 0. The Balaban J connectivity index is 0.944. The summed E-state index contributed by atoms with van der Waals surface area (Å²) < 4.78 is 2.40. The molecule has 0 aliphatic carbocycles. The molecule has 1 aliphatic heterocycles. The number of aromatic nitrogens is 1. The summed E-state index contributed by atoms with van der Waals surface area (Å²) in [5, 5.41) is 13.5. The van der Waals surface area contributed by atoms with Crippen molar-refractivity contribution in [3.63, 3.8) is 0 Å². The van der Waals surface area contributed by atoms with E-state index in [1.165, 1.54) is 76.5 Å². The van der Waals surface area contributed by atoms with Gasteiger partial charge in [0.25, 0.3) is 0 Å². The highest BCUT2D eigenvalue weighted by molar-refractivity contribution is 6.15. The van der Waals surface area contributed by atoms with Gasteiger partial charge in [0.1, 0.15) is 12.0 Å². The summed E-state index contributed by atoms with van der Waals surface area (Å²) in [6, 6.07) is 87.5. The minimum atomic E-state index is -0.264. The van der Waals surface area contributed by atoms with Crippen LogP contribution in [-0.4, -0.2) is 16.2 Å². The maximum absolute atomic E-state index is 5.15. The lowest BCUT2D eigenvalue weighted by molar-refractivity contribution is 0.674. The lowest BCUT2D eigenvalue weighted by atomic mass is 9.91. The first kappa shape index (κ1) is 38.6. The fraction of sp³-hybridized carbons (Fsp3) is 0.0159. The van der Waals surface area contributed by atoms with Crippen LogP contribution < -0.4 is 5.32 Å². The summed E-state index contributed by atoms with van der Waals surface area (Å²) in [6.07, 6.45) is -0.264. The van der Waals surface area contributed by atoms with Gasteiger partial charge < -0.3 is 9.88 Å². The van der Waals surface area contributed by atoms with Gasteiger partial charge in [-0.05, 0) is 138 Å². The zero-order valence-electron chi connectivity index (χ0n) is 36.5. The van der Waals surface area contributed by atoms with Crippen LogP contribution in [0, 0.1) is 0 Å². The number of fused-ring (bicyclic) bond motifs is 7. The van der Waals surface area contributed by atoms with E-state index >= 15 is 0 Å². The van der Waals surface area contributed by atoms with Crippen LogP contribution in [-0.2, 0) is 0 Å². The molecule has 314 valence electrons. The molecule has 0 saturated heterocycles. The Morgan fingerprint density at radius 1 is 0.343 bits per heavy atom. The van der Waals surface area contributed by atoms with Crippen LogP contribution in [0.4, 0.5) is 0 Å². The number of benzene rings is 11. The molecule has 0 spiro atoms. The minimum absolute atomic E-state index is 0.264. The number of amidine groups is 2. The average molecular weight is 855 g/mol. The van der Waals surface area contributed by atoms with Crippen LogP contribution >= 0.6 is 0 Å². The van der Waals surface area contributed by atoms with E-state index < -0.39 is 0 Å². The minimum Gasteiger partial charge on any atom is -0.344 e. The highest BCUT2D eigenvalue weighted by Gasteiger charge is 2.22. The first-order valence-corrected chi connectivity index (χ1v) is 22.9. The molecule has 1 N–H and O–H groups in total. The molecule has 2 heterocycles. The number of nitrogens with one attached hydrogen (secondary N) is 1. The van der Waals surface area contributed by atoms with Crippen molar-refractivity contribution in [3.8, 4) is 39.1 Å². The van der Waals surface area contributed by atoms with Crippen LogP contribution in [0.1, 0.15) is 22.9 Å². The van der Waals surface area contributed by atoms with Gasteiger partial charge in [0.2, 0.25) is 0 Å². The molecule has 1 aromatic heterocycles. The molecule has 0 bridgehead atoms. The van der Waals surface area contributed by atoms with Crippen molar-refractivity contribution in [1.29, 1.82) is 0 Å². The number of hydrogen-bond acceptors (Lipinski definition) is 3. The van der Waals surface area contributed by atoms with Gasteiger partial charge in [-0.1, -0.05) is 176 Å². The van der Waals surface area contributed by atoms with Crippen molar-refractivity contribution >= 4 is 65.8 Å². The summed E-state index contributed by atoms with van der Waals surface area (Å²) in [6.45, 7) is 0. The third kappa shape index (κ3) is 6.86. The molecule has 1 aliphatic rings. The van der Waals surface area contributed by atoms with Gasteiger partial charge in [-0.15, -0.1) is 0 Å². The van der Waals surface area contributed by atoms with Gasteiger partial charge in [-0.3, -0.25) is 0 Å². The fourth-order valence-electron chi connectivity index (χ4n) is 10.1. The Hall–Kier alpha value is -8.86. The quantitative estimate of drug-likeness (QED) is 0.159. The Kier molecular flexibility index (Phi) is 9.21. The first-order chi connectivity index (χ1) is 33.2. The Bertz CT molecular complexity index is 3940. The van der Waals surface area contributed by atoms with Crippen LogP contribution in [0.25, 0.3) is 93.2 Å². The molecule has 0 amide bonds. The van der Waals surface area contributed by atoms with Crippen molar-refractivity contribution < 1.29 is 0 Å². The van der Waals surface area contributed by atoms with Gasteiger partial charge in [0, 0.05) is 27.6 Å². The Morgan fingerprint density at radius 3 is 1.64 bits per heavy atom. The van der Waals surface area contributed by atoms with Crippen molar-refractivity contribution in [2.75, 3.05) is 0 Å². The Labute approximate surface area is 388 Å². The SMILES string of the molecule is c1ccc(C2=NC(c3ccc(-n4c5ccc(-c6cccc(-c7cc8ccccc8c8ccccc78)c6)cc5c5cc(-c6ccc7ccccc7c6)ccc54)cc3)=NC(c3ccccc3)N2)cc1. The molecule has 0 radical (unpaired) electrons. The lowest BCUT2D eigenvalue weighted by Gasteiger charge is -2.23. The van der Waals surface area contributed by atoms with Gasteiger partial charge in [0.05, 0.1) is 11.0 Å². The smallest absolute Gasteiger partial charge is 0.159 e. The second-order valence-corrected chi connectivity index (χ2v) is 17.4. The first-order valence-electron chi connectivity index (χ1n) is 22.9. The summed E-state index contributed by atoms with van der Waals surface area (Å²) in [4.78, 5) is 10.2. The third-order valence-corrected chi connectivity index (χ3v) is 13.4. The summed E-state index contributed by atoms with van der Waals surface area (Å²) in [5.74, 6) is 1.50. The summed E-state index contributed by atoms with van der Waals surface area (Å²) >= 11 is 0. The van der Waals surface area contributed by atoms with E-state index in [1.807, 2.05) is 24.3 Å². The van der Waals surface area contributed by atoms with E-state index in [9.17, 15) is 0 Å². The topological polar surface area (TPSA) is 41.7 Å². The molecule has 4 heteroatoms. The highest BCUT2D eigenvalue weighted by Crippen LogP contribution is 2.40. The molecular weight excluding hydrogens is 813 g/mol. The van der Waals surface area contributed by atoms with Crippen LogP contribution in [0.15, 0.2) is 253 Å². The molecule has 1 atom stereocenters. The van der Waals surface area contributed by atoms with Crippen LogP contribution in [0.2, 0.25) is 0 Å². The molecule has 12 aromatic rings. The molecule has 4 nitrogen and oxygen atoms in total. The molecule has 13 rings (SSSR count). The van der Waals surface area contributed by atoms with E-state index in [2.05, 4.69) is 228 Å². The fourth-order valence-corrected chi connectivity index (χ4v) is 10.1. The van der Waals surface area contributed by atoms with Crippen molar-refractivity contribution in [1.82, 2.24) is 9.88 Å². The predicted molar refractivity (Wildman–Crippen MR) is 281 cm³/mol. The van der Waals surface area contributed by atoms with Crippen molar-refractivity contribution in [2.24, 2.45) is 9.98 Å². The molecular formula is C63H42N4. The maximum atomic E-state index is 5.15. The zero-order valence-corrected chi connectivity index (χ0v) is 36.5. The lowest BCUT2D eigenvalue weighted by Crippen LogP contribution is -2.33. The van der Waals surface area contributed by atoms with Crippen molar-refractivity contribution in [2.45, 2.75) is 6.17 Å². The van der Waals surface area contributed by atoms with E-state index in [4.69, 9.17) is 9.98 Å². The second-order valence-electron chi connectivity index (χ2n) is 17.4. The number of aliphatic imine (C=N–C) groups is 2. The predicted octanol–water partition coefficient (Wildman–Crippen LogP) is 15.7. The standard InChI is InChI=1S/C63H42N4/c1-3-15-42(16-4-1)61-64-62(43-17-5-2-6-18-43)66-63(65-61)44-28-32-52(33-29-44)67-59-34-30-48(38-57(59)58-39-49(31-35-60(58)67)47-27-26-41-14-7-8-19-45(41)36-47)46-21-13-22-50(37-46)56-40-51-20-9-10-23-53(51)54-24-11-12-25-55(54)56/h1-40,61H,(H,64,65,66). The largest absolute Gasteiger partial charge is 0.344 e. The van der Waals surface area contributed by atoms with E-state index in [1.54, 1.807) is 0 Å². The molecule has 0 fully saturated rings. The molecule has 11 aromatic carbocycles. The van der Waals surface area contributed by atoms with Gasteiger partial charge in [0.15, 0.2) is 5.84 Å². The van der Waals surface area contributed by atoms with Crippen molar-refractivity contribution in [3.05, 3.63) is 259 Å². The Morgan fingerprint density at radius 2 is 0.896 bits per heavy atom. The maximum Gasteiger partial charge on any atom is 0.159 e. The molecule has 0 saturated carbocycles. The monoisotopic (exact) mass is 854 g/mol. The van der Waals surface area contributed by atoms with Gasteiger partial charge >= 0.3 is 0 Å². The zero-order chi connectivity index (χ0) is 44.3. The second kappa shape index (κ2) is 16.0. The van der Waals surface area contributed by atoms with E-state index in [-0.39, 0.29) is 6.17 Å². The van der Waals surface area contributed by atoms with Crippen LogP contribution in [0.5, 0.6) is 0 Å². The normalized spacial score (nSPS) is 13.8. The summed E-state index contributed by atoms with van der Waals surface area (Å²) in [5.41, 5.74) is 13.6. The number of rotatable bonds is 7. The molecule has 1 unspecified atom stereocenters. The highest BCUT2D eigenvalue weighted by atomic mass is 15.2. The van der Waals surface area contributed by atoms with E-state index in [0.717, 1.165) is 39.2 Å². The van der Waals surface area contributed by atoms with E-state index in [0.29, 0.717) is 5.84 Å². The molecule has 67 heavy (non-hydrogen) atoms. The average Bonchev–Trinajstić information content (AvgIpc) is 3.74. The number of hydrogen-bond donors (Lipinski definition) is 1.